The molecule has 3 rings (SSSR count). The first-order valence-electron chi connectivity index (χ1n) is 10.5. The second-order valence-corrected chi connectivity index (χ2v) is 9.77. The van der Waals surface area contributed by atoms with Gasteiger partial charge in [0.1, 0.15) is 0 Å². The Morgan fingerprint density at radius 2 is 1.68 bits per heavy atom. The van der Waals surface area contributed by atoms with Gasteiger partial charge in [0.2, 0.25) is 15.9 Å². The van der Waals surface area contributed by atoms with Gasteiger partial charge in [-0.2, -0.15) is 4.31 Å². The van der Waals surface area contributed by atoms with Crippen LogP contribution in [-0.2, 0) is 21.2 Å². The predicted molar refractivity (Wildman–Crippen MR) is 119 cm³/mol. The van der Waals surface area contributed by atoms with Crippen LogP contribution < -0.4 is 5.32 Å². The molecule has 0 spiro atoms. The average molecular weight is 444 g/mol. The smallest absolute Gasteiger partial charge is 0.251 e. The molecule has 1 saturated heterocycles. The Labute approximate surface area is 184 Å². The van der Waals surface area contributed by atoms with Gasteiger partial charge < -0.3 is 10.2 Å². The molecule has 0 radical (unpaired) electrons. The van der Waals surface area contributed by atoms with Crippen LogP contribution in [0.2, 0.25) is 0 Å². The number of hydrogen-bond donors (Lipinski definition) is 1. The van der Waals surface area contributed by atoms with E-state index in [1.165, 1.54) is 28.9 Å². The molecule has 0 aromatic heterocycles. The number of carbonyl (C=O) groups is 2. The Hall–Kier alpha value is -2.71. The molecular weight excluding hydrogens is 414 g/mol. The second kappa shape index (κ2) is 10.1. The highest BCUT2D eigenvalue weighted by Gasteiger charge is 2.29. The highest BCUT2D eigenvalue weighted by Crippen LogP contribution is 2.19. The maximum atomic E-state index is 13.0. The fourth-order valence-electron chi connectivity index (χ4n) is 3.60. The minimum atomic E-state index is -3.73. The number of aryl methyl sites for hydroxylation is 1. The first-order chi connectivity index (χ1) is 14.8. The van der Waals surface area contributed by atoms with E-state index in [1.54, 1.807) is 17.0 Å². The van der Waals surface area contributed by atoms with Gasteiger partial charge in [0.15, 0.2) is 0 Å². The Balaban J connectivity index is 1.62. The SMILES string of the molecule is CC(=O)N1CCN(S(=O)(=O)c2cccc(C(=O)NC(C)CCc3ccccc3)c2)CC1. The number of amides is 2. The first-order valence-corrected chi connectivity index (χ1v) is 11.9. The van der Waals surface area contributed by atoms with E-state index in [0.717, 1.165) is 12.8 Å². The molecule has 1 heterocycles. The number of sulfonamides is 1. The first kappa shape index (κ1) is 23.0. The molecule has 166 valence electrons. The van der Waals surface area contributed by atoms with Crippen LogP contribution in [0.3, 0.4) is 0 Å². The van der Waals surface area contributed by atoms with Gasteiger partial charge in [-0.05, 0) is 43.5 Å². The zero-order valence-electron chi connectivity index (χ0n) is 18.0. The lowest BCUT2D eigenvalue weighted by molar-refractivity contribution is -0.129. The van der Waals surface area contributed by atoms with Crippen molar-refractivity contribution in [1.29, 1.82) is 0 Å². The molecule has 1 aliphatic heterocycles. The van der Waals surface area contributed by atoms with Crippen molar-refractivity contribution >= 4 is 21.8 Å². The lowest BCUT2D eigenvalue weighted by Gasteiger charge is -2.33. The van der Waals surface area contributed by atoms with E-state index in [1.807, 2.05) is 25.1 Å². The Morgan fingerprint density at radius 1 is 1.00 bits per heavy atom. The minimum Gasteiger partial charge on any atom is -0.350 e. The largest absolute Gasteiger partial charge is 0.350 e. The molecule has 2 aromatic carbocycles. The molecule has 2 aromatic rings. The Kier molecular flexibility index (Phi) is 7.46. The van der Waals surface area contributed by atoms with Gasteiger partial charge in [0.25, 0.3) is 5.91 Å². The molecule has 1 fully saturated rings. The van der Waals surface area contributed by atoms with Crippen LogP contribution >= 0.6 is 0 Å². The number of rotatable bonds is 7. The van der Waals surface area contributed by atoms with Crippen LogP contribution in [0.1, 0.15) is 36.2 Å². The van der Waals surface area contributed by atoms with Crippen LogP contribution in [0.5, 0.6) is 0 Å². The van der Waals surface area contributed by atoms with E-state index < -0.39 is 10.0 Å². The van der Waals surface area contributed by atoms with Gasteiger partial charge in [0.05, 0.1) is 4.90 Å². The molecular formula is C23H29N3O4S. The third-order valence-electron chi connectivity index (χ3n) is 5.50. The van der Waals surface area contributed by atoms with Crippen molar-refractivity contribution in [2.45, 2.75) is 37.6 Å². The topological polar surface area (TPSA) is 86.8 Å². The molecule has 1 unspecified atom stereocenters. The van der Waals surface area contributed by atoms with E-state index in [9.17, 15) is 18.0 Å². The molecule has 0 aliphatic carbocycles. The normalized spacial score (nSPS) is 16.0. The summed E-state index contributed by atoms with van der Waals surface area (Å²) in [6.45, 7) is 4.65. The lowest BCUT2D eigenvalue weighted by Crippen LogP contribution is -2.49. The third-order valence-corrected chi connectivity index (χ3v) is 7.40. The summed E-state index contributed by atoms with van der Waals surface area (Å²) in [6.07, 6.45) is 1.64. The fraction of sp³-hybridized carbons (Fsp3) is 0.391. The number of benzene rings is 2. The van der Waals surface area contributed by atoms with Gasteiger partial charge in [-0.25, -0.2) is 8.42 Å². The molecule has 0 saturated carbocycles. The minimum absolute atomic E-state index is 0.0485. The quantitative estimate of drug-likeness (QED) is 0.711. The third kappa shape index (κ3) is 5.92. The van der Waals surface area contributed by atoms with E-state index in [4.69, 9.17) is 0 Å². The number of hydrogen-bond acceptors (Lipinski definition) is 4. The van der Waals surface area contributed by atoms with Crippen molar-refractivity contribution < 1.29 is 18.0 Å². The molecule has 1 N–H and O–H groups in total. The van der Waals surface area contributed by atoms with Crippen molar-refractivity contribution in [3.63, 3.8) is 0 Å². The summed E-state index contributed by atoms with van der Waals surface area (Å²) in [5, 5.41) is 2.95. The Bertz CT molecular complexity index is 1020. The Morgan fingerprint density at radius 3 is 2.32 bits per heavy atom. The molecule has 1 atom stereocenters. The van der Waals surface area contributed by atoms with E-state index in [-0.39, 0.29) is 35.8 Å². The summed E-state index contributed by atoms with van der Waals surface area (Å²) < 4.78 is 27.4. The highest BCUT2D eigenvalue weighted by molar-refractivity contribution is 7.89. The summed E-state index contributed by atoms with van der Waals surface area (Å²) in [6, 6.07) is 16.1. The van der Waals surface area contributed by atoms with Crippen molar-refractivity contribution in [2.24, 2.45) is 0 Å². The number of nitrogens with zero attached hydrogens (tertiary/aromatic N) is 2. The average Bonchev–Trinajstić information content (AvgIpc) is 2.78. The van der Waals surface area contributed by atoms with Gasteiger partial charge in [-0.15, -0.1) is 0 Å². The fourth-order valence-corrected chi connectivity index (χ4v) is 5.07. The van der Waals surface area contributed by atoms with Crippen molar-refractivity contribution in [3.05, 3.63) is 65.7 Å². The maximum absolute atomic E-state index is 13.0. The molecule has 0 bridgehead atoms. The van der Waals surface area contributed by atoms with E-state index in [2.05, 4.69) is 17.4 Å². The van der Waals surface area contributed by atoms with Crippen LogP contribution in [-0.4, -0.2) is 61.7 Å². The standard InChI is InChI=1S/C23H29N3O4S/c1-18(11-12-20-7-4-3-5-8-20)24-23(28)21-9-6-10-22(17-21)31(29,30)26-15-13-25(14-16-26)19(2)27/h3-10,17-18H,11-16H2,1-2H3,(H,24,28). The number of carbonyl (C=O) groups excluding carboxylic acids is 2. The monoisotopic (exact) mass is 443 g/mol. The molecule has 1 aliphatic rings. The number of piperazine rings is 1. The summed E-state index contributed by atoms with van der Waals surface area (Å²) in [7, 11) is -3.73. The number of nitrogens with one attached hydrogen (secondary N) is 1. The lowest BCUT2D eigenvalue weighted by atomic mass is 10.1. The van der Waals surface area contributed by atoms with Gasteiger partial charge in [-0.1, -0.05) is 36.4 Å². The van der Waals surface area contributed by atoms with Crippen molar-refractivity contribution in [3.8, 4) is 0 Å². The van der Waals surface area contributed by atoms with E-state index in [0.29, 0.717) is 18.7 Å². The van der Waals surface area contributed by atoms with Crippen molar-refractivity contribution in [1.82, 2.24) is 14.5 Å². The maximum Gasteiger partial charge on any atom is 0.251 e. The summed E-state index contributed by atoms with van der Waals surface area (Å²) in [5.74, 6) is -0.351. The zero-order chi connectivity index (χ0) is 22.4. The summed E-state index contributed by atoms with van der Waals surface area (Å²) in [4.78, 5) is 25.9. The molecule has 7 nitrogen and oxygen atoms in total. The van der Waals surface area contributed by atoms with Crippen LogP contribution in [0.4, 0.5) is 0 Å². The van der Waals surface area contributed by atoms with Gasteiger partial charge >= 0.3 is 0 Å². The predicted octanol–water partition coefficient (Wildman–Crippen LogP) is 2.29. The molecule has 31 heavy (non-hydrogen) atoms. The van der Waals surface area contributed by atoms with Gasteiger partial charge in [-0.3, -0.25) is 9.59 Å². The highest BCUT2D eigenvalue weighted by atomic mass is 32.2. The molecule has 2 amide bonds. The van der Waals surface area contributed by atoms with Crippen molar-refractivity contribution in [2.75, 3.05) is 26.2 Å². The van der Waals surface area contributed by atoms with Gasteiger partial charge in [0, 0.05) is 44.7 Å². The second-order valence-electron chi connectivity index (χ2n) is 7.84. The van der Waals surface area contributed by atoms with Crippen LogP contribution in [0, 0.1) is 0 Å². The summed E-state index contributed by atoms with van der Waals surface area (Å²) in [5.41, 5.74) is 1.52. The van der Waals surface area contributed by atoms with Crippen LogP contribution in [0.15, 0.2) is 59.5 Å². The van der Waals surface area contributed by atoms with E-state index >= 15 is 0 Å². The van der Waals surface area contributed by atoms with Crippen LogP contribution in [0.25, 0.3) is 0 Å². The molecule has 8 heteroatoms. The summed E-state index contributed by atoms with van der Waals surface area (Å²) >= 11 is 0. The zero-order valence-corrected chi connectivity index (χ0v) is 18.8.